The average Bonchev–Trinajstić information content (AvgIpc) is 2.46. The van der Waals surface area contributed by atoms with Gasteiger partial charge in [0.1, 0.15) is 0 Å². The average molecular weight is 301 g/mol. The Hall–Kier alpha value is -1.48. The fourth-order valence-corrected chi connectivity index (χ4v) is 2.85. The summed E-state index contributed by atoms with van der Waals surface area (Å²) in [6, 6.07) is 5.17. The Kier molecular flexibility index (Phi) is 4.71. The zero-order valence-electron chi connectivity index (χ0n) is 10.6. The molecular formula is C12H15NO6S. The van der Waals surface area contributed by atoms with Crippen LogP contribution in [0.1, 0.15) is 10.4 Å². The highest BCUT2D eigenvalue weighted by molar-refractivity contribution is 7.89. The molecule has 2 N–H and O–H groups in total. The molecule has 1 saturated heterocycles. The van der Waals surface area contributed by atoms with Gasteiger partial charge in [-0.3, -0.25) is 0 Å². The summed E-state index contributed by atoms with van der Waals surface area (Å²) in [4.78, 5) is 10.7. The van der Waals surface area contributed by atoms with E-state index in [4.69, 9.17) is 14.6 Å². The SMILES string of the molecule is O=C(O)c1cccc(S(=O)(=O)NCC2COCCO2)c1. The van der Waals surface area contributed by atoms with Gasteiger partial charge in [-0.05, 0) is 18.2 Å². The maximum Gasteiger partial charge on any atom is 0.335 e. The van der Waals surface area contributed by atoms with Gasteiger partial charge in [-0.25, -0.2) is 17.9 Å². The Morgan fingerprint density at radius 1 is 1.40 bits per heavy atom. The highest BCUT2D eigenvalue weighted by Gasteiger charge is 2.20. The van der Waals surface area contributed by atoms with Crippen molar-refractivity contribution < 1.29 is 27.8 Å². The predicted molar refractivity (Wildman–Crippen MR) is 69.1 cm³/mol. The molecule has 1 atom stereocenters. The third-order valence-electron chi connectivity index (χ3n) is 2.78. The zero-order valence-corrected chi connectivity index (χ0v) is 11.4. The molecular weight excluding hydrogens is 286 g/mol. The fraction of sp³-hybridized carbons (Fsp3) is 0.417. The molecule has 7 nitrogen and oxygen atoms in total. The highest BCUT2D eigenvalue weighted by Crippen LogP contribution is 2.12. The molecule has 0 aliphatic carbocycles. The third-order valence-corrected chi connectivity index (χ3v) is 4.20. The van der Waals surface area contributed by atoms with Crippen molar-refractivity contribution in [2.45, 2.75) is 11.0 Å². The van der Waals surface area contributed by atoms with Crippen LogP contribution in [-0.4, -0.2) is 52.0 Å². The van der Waals surface area contributed by atoms with Gasteiger partial charge in [-0.15, -0.1) is 0 Å². The summed E-state index contributed by atoms with van der Waals surface area (Å²) in [5.74, 6) is -1.17. The number of carboxylic acids is 1. The molecule has 1 aliphatic rings. The standard InChI is InChI=1S/C12H15NO6S/c14-12(15)9-2-1-3-11(6-9)20(16,17)13-7-10-8-18-4-5-19-10/h1-3,6,10,13H,4-5,7-8H2,(H,14,15). The minimum atomic E-state index is -3.76. The van der Waals surface area contributed by atoms with E-state index in [1.165, 1.54) is 18.2 Å². The van der Waals surface area contributed by atoms with E-state index >= 15 is 0 Å². The van der Waals surface area contributed by atoms with Crippen LogP contribution in [0, 0.1) is 0 Å². The molecule has 1 unspecified atom stereocenters. The van der Waals surface area contributed by atoms with Crippen LogP contribution in [0.3, 0.4) is 0 Å². The quantitative estimate of drug-likeness (QED) is 0.798. The first-order valence-electron chi connectivity index (χ1n) is 6.01. The van der Waals surface area contributed by atoms with Crippen molar-refractivity contribution >= 4 is 16.0 Å². The number of rotatable bonds is 5. The van der Waals surface area contributed by atoms with Crippen molar-refractivity contribution in [1.82, 2.24) is 4.72 Å². The van der Waals surface area contributed by atoms with Crippen molar-refractivity contribution in [3.63, 3.8) is 0 Å². The van der Waals surface area contributed by atoms with Crippen LogP contribution >= 0.6 is 0 Å². The molecule has 110 valence electrons. The second kappa shape index (κ2) is 6.31. The van der Waals surface area contributed by atoms with Gasteiger partial charge in [-0.2, -0.15) is 0 Å². The number of carboxylic acid groups (broad SMARTS) is 1. The molecule has 1 aromatic carbocycles. The third kappa shape index (κ3) is 3.76. The molecule has 2 rings (SSSR count). The van der Waals surface area contributed by atoms with Gasteiger partial charge in [0.05, 0.1) is 36.4 Å². The number of sulfonamides is 1. The molecule has 1 fully saturated rings. The fourth-order valence-electron chi connectivity index (χ4n) is 1.74. The smallest absolute Gasteiger partial charge is 0.335 e. The number of benzene rings is 1. The molecule has 1 aliphatic heterocycles. The molecule has 0 amide bonds. The minimum absolute atomic E-state index is 0.0786. The number of carbonyl (C=O) groups is 1. The van der Waals surface area contributed by atoms with E-state index in [1.54, 1.807) is 0 Å². The molecule has 1 heterocycles. The van der Waals surface area contributed by atoms with Gasteiger partial charge in [0.15, 0.2) is 0 Å². The maximum atomic E-state index is 12.0. The van der Waals surface area contributed by atoms with Crippen LogP contribution in [0.5, 0.6) is 0 Å². The Morgan fingerprint density at radius 2 is 2.20 bits per heavy atom. The molecule has 0 spiro atoms. The summed E-state index contributed by atoms with van der Waals surface area (Å²) < 4.78 is 37.0. The van der Waals surface area contributed by atoms with Crippen LogP contribution in [0.2, 0.25) is 0 Å². The summed E-state index contributed by atoms with van der Waals surface area (Å²) in [5, 5.41) is 8.86. The maximum absolute atomic E-state index is 12.0. The minimum Gasteiger partial charge on any atom is -0.478 e. The number of nitrogens with one attached hydrogen (secondary N) is 1. The van der Waals surface area contributed by atoms with E-state index in [0.717, 1.165) is 6.07 Å². The van der Waals surface area contributed by atoms with Crippen LogP contribution in [0.15, 0.2) is 29.2 Å². The summed E-state index contributed by atoms with van der Waals surface area (Å²) in [6.07, 6.45) is -0.332. The summed E-state index contributed by atoms with van der Waals surface area (Å²) in [5.41, 5.74) is -0.0786. The second-order valence-corrected chi connectivity index (χ2v) is 6.02. The van der Waals surface area contributed by atoms with Crippen molar-refractivity contribution in [1.29, 1.82) is 0 Å². The largest absolute Gasteiger partial charge is 0.478 e. The van der Waals surface area contributed by atoms with E-state index < -0.39 is 16.0 Å². The van der Waals surface area contributed by atoms with Crippen LogP contribution in [0.25, 0.3) is 0 Å². The lowest BCUT2D eigenvalue weighted by Crippen LogP contribution is -2.39. The molecule has 0 bridgehead atoms. The van der Waals surface area contributed by atoms with Crippen LogP contribution in [0.4, 0.5) is 0 Å². The van der Waals surface area contributed by atoms with E-state index in [1.807, 2.05) is 0 Å². The van der Waals surface area contributed by atoms with Crippen LogP contribution < -0.4 is 4.72 Å². The monoisotopic (exact) mass is 301 g/mol. The number of hydrogen-bond acceptors (Lipinski definition) is 5. The lowest BCUT2D eigenvalue weighted by molar-refractivity contribution is -0.0846. The Morgan fingerprint density at radius 3 is 2.85 bits per heavy atom. The Labute approximate surface area is 116 Å². The number of hydrogen-bond donors (Lipinski definition) is 2. The topological polar surface area (TPSA) is 102 Å². The highest BCUT2D eigenvalue weighted by atomic mass is 32.2. The van der Waals surface area contributed by atoms with Gasteiger partial charge < -0.3 is 14.6 Å². The van der Waals surface area contributed by atoms with E-state index in [2.05, 4.69) is 4.72 Å². The van der Waals surface area contributed by atoms with E-state index in [0.29, 0.717) is 19.8 Å². The van der Waals surface area contributed by atoms with Crippen molar-refractivity contribution in [2.24, 2.45) is 0 Å². The van der Waals surface area contributed by atoms with Gasteiger partial charge in [0.2, 0.25) is 10.0 Å². The number of ether oxygens (including phenoxy) is 2. The van der Waals surface area contributed by atoms with Crippen molar-refractivity contribution in [3.05, 3.63) is 29.8 Å². The lowest BCUT2D eigenvalue weighted by Gasteiger charge is -2.23. The first-order chi connectivity index (χ1) is 9.49. The first kappa shape index (κ1) is 14.9. The van der Waals surface area contributed by atoms with Crippen molar-refractivity contribution in [2.75, 3.05) is 26.4 Å². The second-order valence-electron chi connectivity index (χ2n) is 4.25. The summed E-state index contributed by atoms with van der Waals surface area (Å²) in [7, 11) is -3.76. The molecule has 0 saturated carbocycles. The summed E-state index contributed by atoms with van der Waals surface area (Å²) >= 11 is 0. The van der Waals surface area contributed by atoms with Gasteiger partial charge in [-0.1, -0.05) is 6.07 Å². The molecule has 8 heteroatoms. The first-order valence-corrected chi connectivity index (χ1v) is 7.50. The molecule has 1 aromatic rings. The molecule has 20 heavy (non-hydrogen) atoms. The molecule has 0 aromatic heterocycles. The van der Waals surface area contributed by atoms with Crippen LogP contribution in [-0.2, 0) is 19.5 Å². The van der Waals surface area contributed by atoms with E-state index in [-0.39, 0.29) is 23.1 Å². The van der Waals surface area contributed by atoms with Gasteiger partial charge in [0, 0.05) is 6.54 Å². The summed E-state index contributed by atoms with van der Waals surface area (Å²) in [6.45, 7) is 1.35. The van der Waals surface area contributed by atoms with Gasteiger partial charge in [0.25, 0.3) is 0 Å². The van der Waals surface area contributed by atoms with Crippen molar-refractivity contribution in [3.8, 4) is 0 Å². The number of aromatic carboxylic acids is 1. The Bertz CT molecular complexity index is 579. The Balaban J connectivity index is 2.05. The normalized spacial score (nSPS) is 19.7. The molecule has 0 radical (unpaired) electrons. The zero-order chi connectivity index (χ0) is 14.6. The lowest BCUT2D eigenvalue weighted by atomic mass is 10.2. The predicted octanol–water partition coefficient (Wildman–Crippen LogP) is 0.0785. The van der Waals surface area contributed by atoms with Gasteiger partial charge >= 0.3 is 5.97 Å². The van der Waals surface area contributed by atoms with E-state index in [9.17, 15) is 13.2 Å².